The van der Waals surface area contributed by atoms with E-state index in [1.54, 1.807) is 12.1 Å². The number of rotatable bonds is 6. The molecule has 2 aromatic rings. The van der Waals surface area contributed by atoms with Crippen LogP contribution in [0.2, 0.25) is 0 Å². The molecule has 1 heterocycles. The zero-order chi connectivity index (χ0) is 20.2. The Balaban J connectivity index is 1.29. The van der Waals surface area contributed by atoms with E-state index >= 15 is 0 Å². The maximum atomic E-state index is 13.2. The third kappa shape index (κ3) is 4.99. The normalized spacial score (nSPS) is 23.0. The summed E-state index contributed by atoms with van der Waals surface area (Å²) in [6.07, 6.45) is 4.92. The second-order valence-corrected chi connectivity index (χ2v) is 8.70. The van der Waals surface area contributed by atoms with E-state index in [9.17, 15) is 4.39 Å². The van der Waals surface area contributed by atoms with Gasteiger partial charge in [0.2, 0.25) is 0 Å². The van der Waals surface area contributed by atoms with Gasteiger partial charge >= 0.3 is 0 Å². The molecule has 0 N–H and O–H groups in total. The summed E-state index contributed by atoms with van der Waals surface area (Å²) >= 11 is 0. The van der Waals surface area contributed by atoms with Gasteiger partial charge in [-0.1, -0.05) is 24.3 Å². The van der Waals surface area contributed by atoms with Crippen molar-refractivity contribution in [2.45, 2.75) is 58.2 Å². The number of hydrogen-bond acceptors (Lipinski definition) is 3. The Labute approximate surface area is 174 Å². The molecule has 0 saturated carbocycles. The molecule has 0 bridgehead atoms. The van der Waals surface area contributed by atoms with Crippen molar-refractivity contribution in [3.63, 3.8) is 0 Å². The van der Waals surface area contributed by atoms with E-state index < -0.39 is 0 Å². The average molecular weight is 397 g/mol. The lowest BCUT2D eigenvalue weighted by atomic mass is 9.91. The molecule has 1 saturated heterocycles. The molecule has 3 nitrogen and oxygen atoms in total. The maximum Gasteiger partial charge on any atom is 0.123 e. The Bertz CT molecular complexity index is 807. The fourth-order valence-electron chi connectivity index (χ4n) is 4.78. The molecule has 0 radical (unpaired) electrons. The maximum absolute atomic E-state index is 13.2. The molecule has 4 rings (SSSR count). The largest absolute Gasteiger partial charge is 0.492 e. The predicted molar refractivity (Wildman–Crippen MR) is 116 cm³/mol. The van der Waals surface area contributed by atoms with Crippen LogP contribution in [0.25, 0.3) is 0 Å². The van der Waals surface area contributed by atoms with Gasteiger partial charge in [-0.25, -0.2) is 4.39 Å². The fourth-order valence-corrected chi connectivity index (χ4v) is 4.78. The summed E-state index contributed by atoms with van der Waals surface area (Å²) in [5.74, 6) is 0.928. The van der Waals surface area contributed by atoms with E-state index in [2.05, 4.69) is 41.8 Å². The van der Waals surface area contributed by atoms with Crippen LogP contribution < -0.4 is 4.74 Å². The van der Waals surface area contributed by atoms with Crippen molar-refractivity contribution in [2.24, 2.45) is 0 Å². The van der Waals surface area contributed by atoms with Crippen molar-refractivity contribution < 1.29 is 9.13 Å². The van der Waals surface area contributed by atoms with E-state index in [0.29, 0.717) is 12.1 Å². The van der Waals surface area contributed by atoms with Crippen LogP contribution in [0.4, 0.5) is 4.39 Å². The Morgan fingerprint density at radius 2 is 1.66 bits per heavy atom. The SMILES string of the molecule is C[C@@H]1CN(Cc2ccc(F)cc2)[C@@H](C)CN1CCOc1cccc2c1CCCC2. The summed E-state index contributed by atoms with van der Waals surface area (Å²) in [7, 11) is 0. The lowest BCUT2D eigenvalue weighted by molar-refractivity contribution is 0.0302. The second-order valence-electron chi connectivity index (χ2n) is 8.70. The van der Waals surface area contributed by atoms with E-state index in [1.165, 1.54) is 36.0 Å². The van der Waals surface area contributed by atoms with Gasteiger partial charge in [0, 0.05) is 38.3 Å². The minimum atomic E-state index is -0.167. The number of fused-ring (bicyclic) bond motifs is 1. The van der Waals surface area contributed by atoms with E-state index in [1.807, 2.05) is 12.1 Å². The quantitative estimate of drug-likeness (QED) is 0.705. The number of piperazine rings is 1. The Morgan fingerprint density at radius 1 is 0.931 bits per heavy atom. The number of halogens is 1. The van der Waals surface area contributed by atoms with E-state index in [4.69, 9.17) is 4.74 Å². The van der Waals surface area contributed by atoms with Crippen LogP contribution in [0.5, 0.6) is 5.75 Å². The van der Waals surface area contributed by atoms with Crippen molar-refractivity contribution in [3.8, 4) is 5.75 Å². The van der Waals surface area contributed by atoms with Crippen LogP contribution in [0.15, 0.2) is 42.5 Å². The highest BCUT2D eigenvalue weighted by molar-refractivity contribution is 5.41. The van der Waals surface area contributed by atoms with Crippen LogP contribution in [0.1, 0.15) is 43.4 Å². The van der Waals surface area contributed by atoms with Crippen LogP contribution >= 0.6 is 0 Å². The Hall–Kier alpha value is -1.91. The van der Waals surface area contributed by atoms with Crippen molar-refractivity contribution in [1.29, 1.82) is 0 Å². The van der Waals surface area contributed by atoms with E-state index in [-0.39, 0.29) is 5.82 Å². The monoisotopic (exact) mass is 396 g/mol. The van der Waals surface area contributed by atoms with Gasteiger partial charge < -0.3 is 4.74 Å². The van der Waals surface area contributed by atoms with Gasteiger partial charge in [-0.15, -0.1) is 0 Å². The highest BCUT2D eigenvalue weighted by atomic mass is 19.1. The molecule has 1 aliphatic carbocycles. The minimum Gasteiger partial charge on any atom is -0.492 e. The van der Waals surface area contributed by atoms with Crippen LogP contribution in [0.3, 0.4) is 0 Å². The topological polar surface area (TPSA) is 15.7 Å². The molecular weight excluding hydrogens is 363 g/mol. The summed E-state index contributed by atoms with van der Waals surface area (Å²) in [6.45, 7) is 9.24. The van der Waals surface area contributed by atoms with Gasteiger partial charge in [-0.05, 0) is 74.4 Å². The fraction of sp³-hybridized carbons (Fsp3) is 0.520. The predicted octanol–water partition coefficient (Wildman–Crippen LogP) is 4.68. The standard InChI is InChI=1S/C25H33FN2O/c1-19-17-28(18-21-10-12-23(26)13-11-21)20(2)16-27(19)14-15-29-25-9-5-7-22-6-3-4-8-24(22)25/h5,7,9-13,19-20H,3-4,6,8,14-18H2,1-2H3/t19-,20+/m1/s1. The van der Waals surface area contributed by atoms with Gasteiger partial charge in [0.05, 0.1) is 0 Å². The van der Waals surface area contributed by atoms with Gasteiger partial charge in [0.15, 0.2) is 0 Å². The zero-order valence-corrected chi connectivity index (χ0v) is 17.7. The smallest absolute Gasteiger partial charge is 0.123 e. The first kappa shape index (κ1) is 20.4. The van der Waals surface area contributed by atoms with Crippen molar-refractivity contribution in [3.05, 3.63) is 65.0 Å². The van der Waals surface area contributed by atoms with Crippen molar-refractivity contribution in [2.75, 3.05) is 26.2 Å². The molecule has 1 aliphatic heterocycles. The average Bonchev–Trinajstić information content (AvgIpc) is 2.73. The number of nitrogens with zero attached hydrogens (tertiary/aromatic N) is 2. The first-order valence-corrected chi connectivity index (χ1v) is 11.1. The molecule has 0 amide bonds. The Morgan fingerprint density at radius 3 is 2.48 bits per heavy atom. The molecule has 2 aliphatic rings. The number of hydrogen-bond donors (Lipinski definition) is 0. The molecule has 0 unspecified atom stereocenters. The summed E-state index contributed by atoms with van der Waals surface area (Å²) in [5.41, 5.74) is 4.09. The highest BCUT2D eigenvalue weighted by Gasteiger charge is 2.28. The molecule has 29 heavy (non-hydrogen) atoms. The van der Waals surface area contributed by atoms with E-state index in [0.717, 1.165) is 45.0 Å². The summed E-state index contributed by atoms with van der Waals surface area (Å²) in [5, 5.41) is 0. The molecular formula is C25H33FN2O. The Kier molecular flexibility index (Phi) is 6.51. The molecule has 156 valence electrons. The third-order valence-corrected chi connectivity index (χ3v) is 6.53. The lowest BCUT2D eigenvalue weighted by Gasteiger charge is -2.44. The van der Waals surface area contributed by atoms with Crippen molar-refractivity contribution >= 4 is 0 Å². The first-order valence-electron chi connectivity index (χ1n) is 11.1. The molecule has 2 aromatic carbocycles. The lowest BCUT2D eigenvalue weighted by Crippen LogP contribution is -2.56. The number of aryl methyl sites for hydroxylation is 1. The third-order valence-electron chi connectivity index (χ3n) is 6.53. The van der Waals surface area contributed by atoms with Gasteiger partial charge in [0.1, 0.15) is 18.2 Å². The van der Waals surface area contributed by atoms with Crippen molar-refractivity contribution in [1.82, 2.24) is 9.80 Å². The number of ether oxygens (including phenoxy) is 1. The van der Waals surface area contributed by atoms with Crippen LogP contribution in [-0.4, -0.2) is 48.1 Å². The van der Waals surface area contributed by atoms with Gasteiger partial charge in [-0.2, -0.15) is 0 Å². The summed E-state index contributed by atoms with van der Waals surface area (Å²) in [6, 6.07) is 14.4. The van der Waals surface area contributed by atoms with Crippen LogP contribution in [-0.2, 0) is 19.4 Å². The molecule has 0 aromatic heterocycles. The van der Waals surface area contributed by atoms with Gasteiger partial charge in [-0.3, -0.25) is 9.80 Å². The first-order chi connectivity index (χ1) is 14.1. The molecule has 2 atom stereocenters. The molecule has 1 fully saturated rings. The van der Waals surface area contributed by atoms with Crippen LogP contribution in [0, 0.1) is 5.82 Å². The highest BCUT2D eigenvalue weighted by Crippen LogP contribution is 2.29. The number of benzene rings is 2. The second kappa shape index (κ2) is 9.27. The van der Waals surface area contributed by atoms with Gasteiger partial charge in [0.25, 0.3) is 0 Å². The summed E-state index contributed by atoms with van der Waals surface area (Å²) in [4.78, 5) is 5.05. The molecule has 0 spiro atoms. The molecule has 4 heteroatoms. The summed E-state index contributed by atoms with van der Waals surface area (Å²) < 4.78 is 19.4. The minimum absolute atomic E-state index is 0.167. The zero-order valence-electron chi connectivity index (χ0n) is 17.7.